The normalized spacial score (nSPS) is 21.3. The van der Waals surface area contributed by atoms with Crippen molar-refractivity contribution in [1.29, 1.82) is 0 Å². The molecule has 2 aromatic rings. The first-order valence-electron chi connectivity index (χ1n) is 7.16. The van der Waals surface area contributed by atoms with Crippen LogP contribution in [-0.4, -0.2) is 21.0 Å². The molecule has 0 fully saturated rings. The van der Waals surface area contributed by atoms with Gasteiger partial charge in [0.25, 0.3) is 5.91 Å². The van der Waals surface area contributed by atoms with E-state index >= 15 is 0 Å². The number of hydrogen-bond acceptors (Lipinski definition) is 4. The van der Waals surface area contributed by atoms with Gasteiger partial charge < -0.3 is 15.1 Å². The minimum atomic E-state index is -1.34. The van der Waals surface area contributed by atoms with Gasteiger partial charge in [-0.3, -0.25) is 4.79 Å². The summed E-state index contributed by atoms with van der Waals surface area (Å²) in [7, 11) is 0. The Morgan fingerprint density at radius 1 is 1.27 bits per heavy atom. The molecule has 1 aromatic heterocycles. The van der Waals surface area contributed by atoms with Gasteiger partial charge in [0, 0.05) is 16.0 Å². The zero-order valence-electron chi connectivity index (χ0n) is 12.8. The molecule has 22 heavy (non-hydrogen) atoms. The highest BCUT2D eigenvalue weighted by Crippen LogP contribution is 2.39. The molecule has 4 nitrogen and oxygen atoms in total. The molecule has 116 valence electrons. The van der Waals surface area contributed by atoms with E-state index in [0.29, 0.717) is 11.1 Å². The van der Waals surface area contributed by atoms with E-state index in [9.17, 15) is 15.0 Å². The summed E-state index contributed by atoms with van der Waals surface area (Å²) in [6.07, 6.45) is 0. The van der Waals surface area contributed by atoms with Gasteiger partial charge in [-0.1, -0.05) is 18.2 Å². The van der Waals surface area contributed by atoms with Crippen LogP contribution in [0, 0.1) is 0 Å². The maximum Gasteiger partial charge on any atom is 0.257 e. The highest BCUT2D eigenvalue weighted by Gasteiger charge is 2.45. The first kappa shape index (κ1) is 15.2. The molecule has 0 spiro atoms. The van der Waals surface area contributed by atoms with Crippen molar-refractivity contribution in [1.82, 2.24) is 4.90 Å². The second-order valence-corrected chi connectivity index (χ2v) is 7.21. The van der Waals surface area contributed by atoms with E-state index in [1.165, 1.54) is 16.2 Å². The van der Waals surface area contributed by atoms with Crippen molar-refractivity contribution in [3.05, 3.63) is 57.3 Å². The van der Waals surface area contributed by atoms with Gasteiger partial charge >= 0.3 is 0 Å². The summed E-state index contributed by atoms with van der Waals surface area (Å²) in [6, 6.07) is 9.01. The third-order valence-corrected chi connectivity index (χ3v) is 5.34. The van der Waals surface area contributed by atoms with Crippen LogP contribution in [0.15, 0.2) is 35.7 Å². The van der Waals surface area contributed by atoms with Gasteiger partial charge in [-0.15, -0.1) is 11.3 Å². The molecule has 0 aliphatic carbocycles. The van der Waals surface area contributed by atoms with Gasteiger partial charge in [0.2, 0.25) is 0 Å². The van der Waals surface area contributed by atoms with Crippen molar-refractivity contribution in [3.63, 3.8) is 0 Å². The molecular weight excluding hydrogens is 298 g/mol. The van der Waals surface area contributed by atoms with E-state index < -0.39 is 11.3 Å². The summed E-state index contributed by atoms with van der Waals surface area (Å²) < 4.78 is 0. The lowest BCUT2D eigenvalue weighted by Crippen LogP contribution is -2.41. The lowest BCUT2D eigenvalue weighted by atomic mass is 10.0. The van der Waals surface area contributed by atoms with Crippen LogP contribution in [0.1, 0.15) is 47.1 Å². The van der Waals surface area contributed by atoms with Gasteiger partial charge in [-0.25, -0.2) is 0 Å². The highest BCUT2D eigenvalue weighted by atomic mass is 32.1. The lowest BCUT2D eigenvalue weighted by Gasteiger charge is -2.31. The minimum absolute atomic E-state index is 0.187. The van der Waals surface area contributed by atoms with Crippen LogP contribution in [0.5, 0.6) is 0 Å². The maximum absolute atomic E-state index is 12.6. The predicted octanol–water partition coefficient (Wildman–Crippen LogP) is 2.80. The van der Waals surface area contributed by atoms with Gasteiger partial charge in [0.15, 0.2) is 5.72 Å². The van der Waals surface area contributed by atoms with Crippen molar-refractivity contribution in [2.24, 2.45) is 0 Å². The number of hydrogen-bond donors (Lipinski definition) is 2. The van der Waals surface area contributed by atoms with Gasteiger partial charge in [-0.2, -0.15) is 0 Å². The molecule has 0 bridgehead atoms. The SMILES string of the molecule is CC(C)(O)c1sccc1CN1C(=O)c2ccccc2C1(C)O. The van der Waals surface area contributed by atoms with Crippen molar-refractivity contribution < 1.29 is 15.0 Å². The second-order valence-electron chi connectivity index (χ2n) is 6.29. The zero-order valence-corrected chi connectivity index (χ0v) is 13.6. The number of fused-ring (bicyclic) bond motifs is 1. The molecule has 0 saturated carbocycles. The summed E-state index contributed by atoms with van der Waals surface area (Å²) in [5.41, 5.74) is -0.288. The summed E-state index contributed by atoms with van der Waals surface area (Å²) in [4.78, 5) is 14.9. The lowest BCUT2D eigenvalue weighted by molar-refractivity contribution is -0.0731. The van der Waals surface area contributed by atoms with Crippen molar-refractivity contribution >= 4 is 17.2 Å². The number of nitrogens with zero attached hydrogens (tertiary/aromatic N) is 1. The molecular formula is C17H19NO3S. The van der Waals surface area contributed by atoms with Crippen LogP contribution in [0.3, 0.4) is 0 Å². The molecule has 1 aliphatic heterocycles. The molecule has 5 heteroatoms. The Bertz CT molecular complexity index is 728. The van der Waals surface area contributed by atoms with Gasteiger partial charge in [0.1, 0.15) is 0 Å². The fourth-order valence-electron chi connectivity index (χ4n) is 2.96. The molecule has 1 unspecified atom stereocenters. The van der Waals surface area contributed by atoms with Crippen molar-refractivity contribution in [3.8, 4) is 0 Å². The van der Waals surface area contributed by atoms with E-state index in [-0.39, 0.29) is 12.5 Å². The Morgan fingerprint density at radius 3 is 2.59 bits per heavy atom. The largest absolute Gasteiger partial charge is 0.385 e. The predicted molar refractivity (Wildman–Crippen MR) is 85.5 cm³/mol. The number of carbonyl (C=O) groups excluding carboxylic acids is 1. The van der Waals surface area contributed by atoms with E-state index in [4.69, 9.17) is 0 Å². The summed E-state index contributed by atoms with van der Waals surface area (Å²) in [5.74, 6) is -0.187. The second kappa shape index (κ2) is 4.91. The molecule has 0 radical (unpaired) electrons. The topological polar surface area (TPSA) is 60.8 Å². The monoisotopic (exact) mass is 317 g/mol. The number of thiophene rings is 1. The summed E-state index contributed by atoms with van der Waals surface area (Å²) >= 11 is 1.46. The Kier molecular flexibility index (Phi) is 3.40. The van der Waals surface area contributed by atoms with Crippen LogP contribution < -0.4 is 0 Å². The molecule has 2 heterocycles. The Hall–Kier alpha value is -1.69. The van der Waals surface area contributed by atoms with Gasteiger partial charge in [-0.05, 0) is 43.8 Å². The minimum Gasteiger partial charge on any atom is -0.385 e. The van der Waals surface area contributed by atoms with Crippen LogP contribution >= 0.6 is 11.3 Å². The average molecular weight is 317 g/mol. The quantitative estimate of drug-likeness (QED) is 0.915. The average Bonchev–Trinajstić information content (AvgIpc) is 2.98. The molecule has 3 rings (SSSR count). The van der Waals surface area contributed by atoms with Crippen LogP contribution in [-0.2, 0) is 17.9 Å². The fraction of sp³-hybridized carbons (Fsp3) is 0.353. The molecule has 2 N–H and O–H groups in total. The Balaban J connectivity index is 1.98. The summed E-state index contributed by atoms with van der Waals surface area (Å²) in [5, 5.41) is 23.0. The Labute approximate surface area is 133 Å². The van der Waals surface area contributed by atoms with Crippen LogP contribution in [0.25, 0.3) is 0 Å². The standard InChI is InChI=1S/C17H19NO3S/c1-16(2,20)14-11(8-9-22-14)10-18-15(19)12-6-4-5-7-13(12)17(18,3)21/h4-9,20-21H,10H2,1-3H3. The molecule has 1 aromatic carbocycles. The molecule has 1 aliphatic rings. The fourth-order valence-corrected chi connectivity index (χ4v) is 3.91. The number of rotatable bonds is 3. The van der Waals surface area contributed by atoms with E-state index in [2.05, 4.69) is 0 Å². The smallest absolute Gasteiger partial charge is 0.257 e. The molecule has 1 amide bonds. The zero-order chi connectivity index (χ0) is 16.1. The third kappa shape index (κ3) is 2.26. The van der Waals surface area contributed by atoms with Crippen LogP contribution in [0.4, 0.5) is 0 Å². The van der Waals surface area contributed by atoms with Crippen molar-refractivity contribution in [2.45, 2.75) is 38.6 Å². The first-order valence-corrected chi connectivity index (χ1v) is 8.04. The molecule has 0 saturated heterocycles. The number of carbonyl (C=O) groups is 1. The Morgan fingerprint density at radius 2 is 1.95 bits per heavy atom. The maximum atomic E-state index is 12.6. The van der Waals surface area contributed by atoms with Gasteiger partial charge in [0.05, 0.1) is 12.1 Å². The number of benzene rings is 1. The van der Waals surface area contributed by atoms with Crippen LogP contribution in [0.2, 0.25) is 0 Å². The molecule has 1 atom stereocenters. The van der Waals surface area contributed by atoms with E-state index in [1.54, 1.807) is 39.0 Å². The third-order valence-electron chi connectivity index (χ3n) is 4.07. The summed E-state index contributed by atoms with van der Waals surface area (Å²) in [6.45, 7) is 5.35. The van der Waals surface area contributed by atoms with E-state index in [0.717, 1.165) is 10.4 Å². The van der Waals surface area contributed by atoms with Crippen molar-refractivity contribution in [2.75, 3.05) is 0 Å². The highest BCUT2D eigenvalue weighted by molar-refractivity contribution is 7.10. The number of amides is 1. The number of aliphatic hydroxyl groups is 2. The van der Waals surface area contributed by atoms with E-state index in [1.807, 2.05) is 17.5 Å². The first-order chi connectivity index (χ1) is 10.2.